The van der Waals surface area contributed by atoms with Crippen molar-refractivity contribution in [2.45, 2.75) is 57.7 Å². The molecule has 2 aromatic rings. The Balaban J connectivity index is 1.48. The molecule has 0 radical (unpaired) electrons. The lowest BCUT2D eigenvalue weighted by atomic mass is 10.1. The zero-order valence-electron chi connectivity index (χ0n) is 21.7. The minimum Gasteiger partial charge on any atom is -0.506 e. The van der Waals surface area contributed by atoms with E-state index in [0.717, 1.165) is 10.8 Å². The summed E-state index contributed by atoms with van der Waals surface area (Å²) < 4.78 is 34.3. The third-order valence-electron chi connectivity index (χ3n) is 6.49. The number of oxime groups is 1. The molecule has 1 aromatic carbocycles. The number of H-pyrrole nitrogens is 1. The highest BCUT2D eigenvalue weighted by atomic mass is 35.5. The Morgan fingerprint density at radius 2 is 1.88 bits per heavy atom. The van der Waals surface area contributed by atoms with E-state index in [9.17, 15) is 34.4 Å². The highest BCUT2D eigenvalue weighted by Crippen LogP contribution is 2.46. The van der Waals surface area contributed by atoms with Crippen molar-refractivity contribution < 1.29 is 48.1 Å². The number of hydrogen-bond acceptors (Lipinski definition) is 12. The fourth-order valence-electron chi connectivity index (χ4n) is 4.20. The largest absolute Gasteiger partial charge is 0.506 e. The molecule has 7 atom stereocenters. The number of aliphatic hydroxyl groups excluding tert-OH is 2. The monoisotopic (exact) mass is 639 g/mol. The van der Waals surface area contributed by atoms with E-state index in [1.807, 2.05) is 0 Å². The number of ether oxygens (including phenoxy) is 2. The average molecular weight is 640 g/mol. The molecule has 1 aromatic heterocycles. The van der Waals surface area contributed by atoms with Gasteiger partial charge in [0.15, 0.2) is 18.7 Å². The standard InChI is InChI=1S/C23H28Cl2N3O12P/c1-10-3-14(24)13(19(25)20(10)30)6-26-40-15-5-17(28-7-11(2)21(31)27-23(28)33)38-16(15)9-37-41(34,35)36-8-12-4-18(29)39-22(12)32/h3,6-7,12,15-18,22,29-30,32H,4-5,8-9H2,1-2H3,(H,34,35)(H,27,31,33)/b26-6+/t12-,15+,16+,17+,18?,22?/m0/s1. The molecule has 2 aliphatic rings. The van der Waals surface area contributed by atoms with Crippen molar-refractivity contribution in [3.8, 4) is 5.75 Å². The molecule has 3 unspecified atom stereocenters. The maximum Gasteiger partial charge on any atom is 0.472 e. The Kier molecular flexibility index (Phi) is 9.96. The van der Waals surface area contributed by atoms with Gasteiger partial charge in [-0.2, -0.15) is 0 Å². The maximum absolute atomic E-state index is 12.5. The summed E-state index contributed by atoms with van der Waals surface area (Å²) >= 11 is 12.4. The van der Waals surface area contributed by atoms with Crippen LogP contribution in [0.1, 0.15) is 35.8 Å². The number of phosphoric ester groups is 1. The van der Waals surface area contributed by atoms with E-state index in [2.05, 4.69) is 10.1 Å². The number of aryl methyl sites for hydroxylation is 2. The Hall–Kier alpha value is -2.30. The third kappa shape index (κ3) is 7.56. The number of rotatable bonds is 10. The summed E-state index contributed by atoms with van der Waals surface area (Å²) in [5.74, 6) is -0.951. The van der Waals surface area contributed by atoms with Crippen LogP contribution in [0.15, 0.2) is 27.0 Å². The van der Waals surface area contributed by atoms with Crippen molar-refractivity contribution in [2.75, 3.05) is 13.2 Å². The van der Waals surface area contributed by atoms with Gasteiger partial charge in [-0.25, -0.2) is 9.36 Å². The molecule has 0 spiro atoms. The Bertz CT molecular complexity index is 1470. The van der Waals surface area contributed by atoms with E-state index in [0.29, 0.717) is 5.56 Å². The Morgan fingerprint density at radius 1 is 1.17 bits per heavy atom. The first-order valence-electron chi connectivity index (χ1n) is 12.2. The molecule has 2 fully saturated rings. The smallest absolute Gasteiger partial charge is 0.472 e. The van der Waals surface area contributed by atoms with Gasteiger partial charge < -0.3 is 34.5 Å². The summed E-state index contributed by atoms with van der Waals surface area (Å²) in [5.41, 5.74) is -0.461. The molecular formula is C23H28Cl2N3O12P. The van der Waals surface area contributed by atoms with E-state index < -0.39 is 69.2 Å². The molecule has 0 amide bonds. The first-order chi connectivity index (χ1) is 19.3. The van der Waals surface area contributed by atoms with Crippen molar-refractivity contribution >= 4 is 37.2 Å². The normalized spacial score (nSPS) is 27.9. The molecule has 2 aliphatic heterocycles. The molecular weight excluding hydrogens is 612 g/mol. The van der Waals surface area contributed by atoms with Gasteiger partial charge in [0.25, 0.3) is 5.56 Å². The van der Waals surface area contributed by atoms with Crippen molar-refractivity contribution in [2.24, 2.45) is 11.1 Å². The number of aromatic nitrogens is 2. The Morgan fingerprint density at radius 3 is 2.56 bits per heavy atom. The topological polar surface area (TPSA) is 211 Å². The van der Waals surface area contributed by atoms with Crippen LogP contribution in [0.3, 0.4) is 0 Å². The van der Waals surface area contributed by atoms with Crippen LogP contribution in [0.4, 0.5) is 0 Å². The number of phosphoric acid groups is 1. The van der Waals surface area contributed by atoms with Crippen LogP contribution in [0.5, 0.6) is 5.75 Å². The number of aliphatic hydroxyl groups is 2. The maximum atomic E-state index is 12.5. The summed E-state index contributed by atoms with van der Waals surface area (Å²) in [5, 5.41) is 33.3. The first kappa shape index (κ1) is 31.6. The SMILES string of the molecule is Cc1cc(Cl)c(/C=N/O[C@@H]2C[C@H](n3cc(C)c(=O)[nH]c3=O)O[C@@H]2COP(=O)(O)OC[C@@H]2CC(O)OC2O)c(Cl)c1O. The molecule has 5 N–H and O–H groups in total. The number of halogens is 2. The lowest BCUT2D eigenvalue weighted by Crippen LogP contribution is -2.33. The molecule has 18 heteroatoms. The molecule has 226 valence electrons. The van der Waals surface area contributed by atoms with Crippen molar-refractivity contribution in [3.63, 3.8) is 0 Å². The van der Waals surface area contributed by atoms with Gasteiger partial charge in [0, 0.05) is 36.1 Å². The van der Waals surface area contributed by atoms with Crippen molar-refractivity contribution in [3.05, 3.63) is 59.8 Å². The van der Waals surface area contributed by atoms with Crippen LogP contribution < -0.4 is 11.2 Å². The van der Waals surface area contributed by atoms with E-state index in [-0.39, 0.29) is 39.8 Å². The summed E-state index contributed by atoms with van der Waals surface area (Å²) in [7, 11) is -4.68. The summed E-state index contributed by atoms with van der Waals surface area (Å²) in [6.45, 7) is 2.11. The molecule has 4 rings (SSSR count). The van der Waals surface area contributed by atoms with Gasteiger partial charge in [0.2, 0.25) is 0 Å². The highest BCUT2D eigenvalue weighted by molar-refractivity contribution is 7.47. The minimum absolute atomic E-state index is 0.00253. The van der Waals surface area contributed by atoms with E-state index in [4.69, 9.17) is 46.6 Å². The molecule has 3 heterocycles. The number of phenols is 1. The lowest BCUT2D eigenvalue weighted by Gasteiger charge is -2.20. The van der Waals surface area contributed by atoms with Crippen molar-refractivity contribution in [1.82, 2.24) is 9.55 Å². The average Bonchev–Trinajstić information content (AvgIpc) is 3.45. The summed E-state index contributed by atoms with van der Waals surface area (Å²) in [6, 6.07) is 1.48. The number of nitrogens with zero attached hydrogens (tertiary/aromatic N) is 2. The number of aromatic hydroxyl groups is 1. The van der Waals surface area contributed by atoms with E-state index >= 15 is 0 Å². The van der Waals surface area contributed by atoms with Crippen LogP contribution in [0, 0.1) is 19.8 Å². The molecule has 0 bridgehead atoms. The van der Waals surface area contributed by atoms with Gasteiger partial charge in [-0.3, -0.25) is 23.4 Å². The number of phenolic OH excluding ortho intramolecular Hbond substituents is 1. The predicted molar refractivity (Wildman–Crippen MR) is 143 cm³/mol. The summed E-state index contributed by atoms with van der Waals surface area (Å²) in [4.78, 5) is 42.1. The van der Waals surface area contributed by atoms with Gasteiger partial charge in [0.1, 0.15) is 18.1 Å². The zero-order chi connectivity index (χ0) is 30.1. The number of hydrogen-bond donors (Lipinski definition) is 5. The quantitative estimate of drug-likeness (QED) is 0.143. The molecule has 0 saturated carbocycles. The second-order valence-corrected chi connectivity index (χ2v) is 11.7. The summed E-state index contributed by atoms with van der Waals surface area (Å²) in [6.07, 6.45) is -3.16. The molecule has 0 aliphatic carbocycles. The van der Waals surface area contributed by atoms with Crippen LogP contribution in [0.2, 0.25) is 10.0 Å². The lowest BCUT2D eigenvalue weighted by molar-refractivity contribution is -0.170. The van der Waals surface area contributed by atoms with Gasteiger partial charge >= 0.3 is 13.5 Å². The molecule has 41 heavy (non-hydrogen) atoms. The van der Waals surface area contributed by atoms with Crippen LogP contribution in [0.25, 0.3) is 0 Å². The Labute approximate surface area is 242 Å². The van der Waals surface area contributed by atoms with Gasteiger partial charge in [0.05, 0.1) is 29.5 Å². The van der Waals surface area contributed by atoms with E-state index in [1.165, 1.54) is 19.2 Å². The highest BCUT2D eigenvalue weighted by Gasteiger charge is 2.41. The second kappa shape index (κ2) is 12.9. The zero-order valence-corrected chi connectivity index (χ0v) is 24.1. The fourth-order valence-corrected chi connectivity index (χ4v) is 5.65. The third-order valence-corrected chi connectivity index (χ3v) is 8.14. The number of benzene rings is 1. The van der Waals surface area contributed by atoms with E-state index in [1.54, 1.807) is 6.92 Å². The van der Waals surface area contributed by atoms with Gasteiger partial charge in [-0.1, -0.05) is 28.4 Å². The fraction of sp³-hybridized carbons (Fsp3) is 0.522. The molecule has 15 nitrogen and oxygen atoms in total. The van der Waals surface area contributed by atoms with Crippen LogP contribution in [-0.4, -0.2) is 74.0 Å². The van der Waals surface area contributed by atoms with Crippen LogP contribution >= 0.6 is 31.0 Å². The van der Waals surface area contributed by atoms with Gasteiger partial charge in [-0.15, -0.1) is 0 Å². The first-order valence-corrected chi connectivity index (χ1v) is 14.5. The van der Waals surface area contributed by atoms with Crippen molar-refractivity contribution in [1.29, 1.82) is 0 Å². The molecule has 2 saturated heterocycles. The van der Waals surface area contributed by atoms with Crippen LogP contribution in [-0.2, 0) is 27.9 Å². The second-order valence-electron chi connectivity index (χ2n) is 9.51. The number of aromatic amines is 1. The predicted octanol–water partition coefficient (Wildman–Crippen LogP) is 1.68. The number of nitrogens with one attached hydrogen (secondary N) is 1. The minimum atomic E-state index is -4.68. The van der Waals surface area contributed by atoms with Gasteiger partial charge in [-0.05, 0) is 25.5 Å².